The van der Waals surface area contributed by atoms with Gasteiger partial charge in [0.05, 0.1) is 10.3 Å². The van der Waals surface area contributed by atoms with Crippen LogP contribution in [0.1, 0.15) is 16.9 Å². The second-order valence-electron chi connectivity index (χ2n) is 5.31. The number of thiophene rings is 1. The van der Waals surface area contributed by atoms with E-state index < -0.39 is 0 Å². The van der Waals surface area contributed by atoms with Gasteiger partial charge in [0.25, 0.3) is 0 Å². The van der Waals surface area contributed by atoms with Crippen LogP contribution in [0.4, 0.5) is 4.79 Å². The summed E-state index contributed by atoms with van der Waals surface area (Å²) in [4.78, 5) is 26.5. The van der Waals surface area contributed by atoms with Crippen molar-refractivity contribution in [1.29, 1.82) is 0 Å². The molecule has 0 atom stereocenters. The minimum Gasteiger partial charge on any atom is -0.351 e. The molecule has 7 heteroatoms. The Hall–Kier alpha value is -1.86. The van der Waals surface area contributed by atoms with Crippen LogP contribution in [0.2, 0.25) is 0 Å². The van der Waals surface area contributed by atoms with Gasteiger partial charge in [-0.3, -0.25) is 4.79 Å². The molecule has 0 unspecified atom stereocenters. The smallest absolute Gasteiger partial charge is 0.317 e. The van der Waals surface area contributed by atoms with Gasteiger partial charge in [-0.15, -0.1) is 11.3 Å². The Labute approximate surface area is 154 Å². The van der Waals surface area contributed by atoms with Crippen LogP contribution in [0, 0.1) is 0 Å². The van der Waals surface area contributed by atoms with Crippen LogP contribution in [-0.2, 0) is 17.9 Å². The number of nitrogens with one attached hydrogen (secondary N) is 2. The van der Waals surface area contributed by atoms with Crippen molar-refractivity contribution < 1.29 is 9.59 Å². The molecule has 1 aromatic carbocycles. The van der Waals surface area contributed by atoms with Crippen LogP contribution < -0.4 is 10.6 Å². The molecule has 24 heavy (non-hydrogen) atoms. The van der Waals surface area contributed by atoms with E-state index in [9.17, 15) is 9.59 Å². The molecule has 0 saturated carbocycles. The van der Waals surface area contributed by atoms with Gasteiger partial charge < -0.3 is 15.5 Å². The van der Waals surface area contributed by atoms with E-state index in [1.54, 1.807) is 23.3 Å². The Kier molecular flexibility index (Phi) is 7.27. The average molecular weight is 410 g/mol. The summed E-state index contributed by atoms with van der Waals surface area (Å²) in [5, 5.41) is 5.60. The first-order valence-corrected chi connectivity index (χ1v) is 9.19. The van der Waals surface area contributed by atoms with E-state index in [1.807, 2.05) is 42.5 Å². The predicted octanol–water partition coefficient (Wildman–Crippen LogP) is 3.36. The largest absolute Gasteiger partial charge is 0.351 e. The number of amides is 3. The van der Waals surface area contributed by atoms with Gasteiger partial charge in [-0.25, -0.2) is 4.79 Å². The summed E-state index contributed by atoms with van der Waals surface area (Å²) in [5.74, 6) is -0.0782. The second-order valence-corrected chi connectivity index (χ2v) is 7.85. The lowest BCUT2D eigenvalue weighted by atomic mass is 10.2. The maximum Gasteiger partial charge on any atom is 0.317 e. The molecule has 2 aromatic rings. The molecule has 0 aliphatic carbocycles. The van der Waals surface area contributed by atoms with Crippen LogP contribution in [0.3, 0.4) is 0 Å². The summed E-state index contributed by atoms with van der Waals surface area (Å²) in [6, 6.07) is 13.5. The highest BCUT2D eigenvalue weighted by Gasteiger charge is 2.09. The number of halogens is 1. The number of hydrogen-bond acceptors (Lipinski definition) is 3. The molecule has 2 rings (SSSR count). The normalized spacial score (nSPS) is 10.2. The van der Waals surface area contributed by atoms with Gasteiger partial charge in [-0.05, 0) is 33.6 Å². The Morgan fingerprint density at radius 2 is 1.88 bits per heavy atom. The van der Waals surface area contributed by atoms with Gasteiger partial charge in [0, 0.05) is 31.4 Å². The van der Waals surface area contributed by atoms with Gasteiger partial charge in [-0.2, -0.15) is 0 Å². The fourth-order valence-electron chi connectivity index (χ4n) is 2.07. The van der Waals surface area contributed by atoms with E-state index in [-0.39, 0.29) is 18.4 Å². The highest BCUT2D eigenvalue weighted by molar-refractivity contribution is 9.11. The van der Waals surface area contributed by atoms with Crippen LogP contribution in [-0.4, -0.2) is 30.4 Å². The number of rotatable bonds is 7. The SMILES string of the molecule is CN(Cc1ccccc1)C(=O)NCCC(=O)NCc1ccc(Br)s1. The molecule has 0 radical (unpaired) electrons. The molecule has 128 valence electrons. The van der Waals surface area contributed by atoms with Crippen molar-refractivity contribution in [3.63, 3.8) is 0 Å². The second kappa shape index (κ2) is 9.44. The van der Waals surface area contributed by atoms with Crippen LogP contribution >= 0.6 is 27.3 Å². The third-order valence-corrected chi connectivity index (χ3v) is 4.95. The topological polar surface area (TPSA) is 61.4 Å². The minimum absolute atomic E-state index is 0.0782. The Morgan fingerprint density at radius 1 is 1.12 bits per heavy atom. The third-order valence-electron chi connectivity index (χ3n) is 3.33. The molecular weight excluding hydrogens is 390 g/mol. The molecule has 5 nitrogen and oxygen atoms in total. The van der Waals surface area contributed by atoms with Gasteiger partial charge in [0.1, 0.15) is 0 Å². The third kappa shape index (κ3) is 6.33. The summed E-state index contributed by atoms with van der Waals surface area (Å²) < 4.78 is 1.04. The fourth-order valence-corrected chi connectivity index (χ4v) is 3.49. The quantitative estimate of drug-likeness (QED) is 0.736. The van der Waals surface area contributed by atoms with E-state index in [4.69, 9.17) is 0 Å². The molecule has 1 aromatic heterocycles. The molecule has 0 fully saturated rings. The van der Waals surface area contributed by atoms with Crippen molar-refractivity contribution in [2.45, 2.75) is 19.5 Å². The van der Waals surface area contributed by atoms with E-state index in [2.05, 4.69) is 26.6 Å². The van der Waals surface area contributed by atoms with Gasteiger partial charge in [0.15, 0.2) is 0 Å². The van der Waals surface area contributed by atoms with Crippen LogP contribution in [0.5, 0.6) is 0 Å². The van der Waals surface area contributed by atoms with Crippen LogP contribution in [0.25, 0.3) is 0 Å². The summed E-state index contributed by atoms with van der Waals surface area (Å²) in [5.41, 5.74) is 1.06. The molecular formula is C17H20BrN3O2S. The number of nitrogens with zero attached hydrogens (tertiary/aromatic N) is 1. The van der Waals surface area contributed by atoms with Gasteiger partial charge >= 0.3 is 6.03 Å². The molecule has 0 bridgehead atoms. The Morgan fingerprint density at radius 3 is 2.54 bits per heavy atom. The minimum atomic E-state index is -0.186. The lowest BCUT2D eigenvalue weighted by molar-refractivity contribution is -0.121. The van der Waals surface area contributed by atoms with Crippen LogP contribution in [0.15, 0.2) is 46.3 Å². The lowest BCUT2D eigenvalue weighted by Gasteiger charge is -2.18. The average Bonchev–Trinajstić information content (AvgIpc) is 2.99. The maximum atomic E-state index is 12.0. The van der Waals surface area contributed by atoms with Gasteiger partial charge in [-0.1, -0.05) is 30.3 Å². The molecule has 0 spiro atoms. The highest BCUT2D eigenvalue weighted by atomic mass is 79.9. The fraction of sp³-hybridized carbons (Fsp3) is 0.294. The summed E-state index contributed by atoms with van der Waals surface area (Å²) in [6.45, 7) is 1.36. The van der Waals surface area contributed by atoms with E-state index in [0.29, 0.717) is 19.6 Å². The molecule has 3 amide bonds. The van der Waals surface area contributed by atoms with Crippen molar-refractivity contribution in [3.05, 3.63) is 56.7 Å². The molecule has 0 saturated heterocycles. The number of benzene rings is 1. The number of urea groups is 1. The van der Waals surface area contributed by atoms with Crippen molar-refractivity contribution in [2.24, 2.45) is 0 Å². The highest BCUT2D eigenvalue weighted by Crippen LogP contribution is 2.21. The first-order valence-electron chi connectivity index (χ1n) is 7.58. The first-order chi connectivity index (χ1) is 11.5. The maximum absolute atomic E-state index is 12.0. The number of carbonyl (C=O) groups excluding carboxylic acids is 2. The summed E-state index contributed by atoms with van der Waals surface area (Å²) in [7, 11) is 1.73. The zero-order valence-corrected chi connectivity index (χ0v) is 15.8. The monoisotopic (exact) mass is 409 g/mol. The van der Waals surface area contributed by atoms with E-state index >= 15 is 0 Å². The molecule has 0 aliphatic heterocycles. The van der Waals surface area contributed by atoms with E-state index in [0.717, 1.165) is 14.2 Å². The van der Waals surface area contributed by atoms with Crippen molar-refractivity contribution >= 4 is 39.2 Å². The Balaban J connectivity index is 1.63. The zero-order valence-electron chi connectivity index (χ0n) is 13.4. The molecule has 1 heterocycles. The van der Waals surface area contributed by atoms with Crippen molar-refractivity contribution in [1.82, 2.24) is 15.5 Å². The van der Waals surface area contributed by atoms with Gasteiger partial charge in [0.2, 0.25) is 5.91 Å². The zero-order chi connectivity index (χ0) is 17.4. The number of hydrogen-bond donors (Lipinski definition) is 2. The molecule has 0 aliphatic rings. The standard InChI is InChI=1S/C17H20BrN3O2S/c1-21(12-13-5-3-2-4-6-13)17(23)19-10-9-16(22)20-11-14-7-8-15(18)24-14/h2-8H,9-12H2,1H3,(H,19,23)(H,20,22). The van der Waals surface area contributed by atoms with Crippen molar-refractivity contribution in [3.8, 4) is 0 Å². The summed E-state index contributed by atoms with van der Waals surface area (Å²) >= 11 is 4.98. The lowest BCUT2D eigenvalue weighted by Crippen LogP contribution is -2.38. The summed E-state index contributed by atoms with van der Waals surface area (Å²) in [6.07, 6.45) is 0.261. The molecule has 2 N–H and O–H groups in total. The van der Waals surface area contributed by atoms with E-state index in [1.165, 1.54) is 0 Å². The predicted molar refractivity (Wildman–Crippen MR) is 99.8 cm³/mol. The van der Waals surface area contributed by atoms with Crippen molar-refractivity contribution in [2.75, 3.05) is 13.6 Å². The first kappa shape index (κ1) is 18.5. The Bertz CT molecular complexity index is 675. The number of carbonyl (C=O) groups is 2.